The first-order valence-electron chi connectivity index (χ1n) is 8.69. The molecule has 3 rings (SSSR count). The van der Waals surface area contributed by atoms with Gasteiger partial charge in [-0.15, -0.1) is 0 Å². The number of alkyl carbamates (subject to hydrolysis) is 1. The van der Waals surface area contributed by atoms with Gasteiger partial charge in [0.2, 0.25) is 5.91 Å². The summed E-state index contributed by atoms with van der Waals surface area (Å²) >= 11 is 0. The molecule has 0 aromatic heterocycles. The third kappa shape index (κ3) is 3.71. The SMILES string of the molecule is CC(C)(C)OC(=O)N[C@H]1C(C(=O)Nc2ccccc2)[C@@H]2CC[C@H]1C2. The number of carbonyl (C=O) groups is 2. The molecule has 2 amide bonds. The standard InChI is InChI=1S/C19H26N2O3/c1-19(2,3)24-18(23)21-16-13-10-9-12(11-13)15(16)17(22)20-14-7-5-4-6-8-14/h4-8,12-13,15-16H,9-11H2,1-3H3,(H,20,22)(H,21,23)/t12-,13+,15?,16-/m1/s1. The number of fused-ring (bicyclic) bond motifs is 2. The van der Waals surface area contributed by atoms with E-state index in [0.29, 0.717) is 11.8 Å². The second-order valence-electron chi connectivity index (χ2n) is 7.89. The summed E-state index contributed by atoms with van der Waals surface area (Å²) in [6.07, 6.45) is 2.70. The van der Waals surface area contributed by atoms with Gasteiger partial charge in [0.15, 0.2) is 0 Å². The van der Waals surface area contributed by atoms with E-state index in [2.05, 4.69) is 10.6 Å². The van der Waals surface area contributed by atoms with Crippen molar-refractivity contribution in [2.75, 3.05) is 5.32 Å². The number of hydrogen-bond donors (Lipinski definition) is 2. The topological polar surface area (TPSA) is 67.4 Å². The van der Waals surface area contributed by atoms with Gasteiger partial charge in [0.25, 0.3) is 0 Å². The normalized spacial score (nSPS) is 28.5. The third-order valence-corrected chi connectivity index (χ3v) is 4.94. The number of para-hydroxylation sites is 1. The minimum absolute atomic E-state index is 0.00513. The van der Waals surface area contributed by atoms with E-state index < -0.39 is 11.7 Å². The molecule has 2 fully saturated rings. The highest BCUT2D eigenvalue weighted by atomic mass is 16.6. The van der Waals surface area contributed by atoms with Crippen molar-refractivity contribution in [3.63, 3.8) is 0 Å². The van der Waals surface area contributed by atoms with Crippen molar-refractivity contribution in [2.24, 2.45) is 17.8 Å². The quantitative estimate of drug-likeness (QED) is 0.890. The first-order valence-corrected chi connectivity index (χ1v) is 8.69. The number of nitrogens with one attached hydrogen (secondary N) is 2. The Morgan fingerprint density at radius 3 is 2.42 bits per heavy atom. The van der Waals surface area contributed by atoms with Crippen LogP contribution in [0.3, 0.4) is 0 Å². The summed E-state index contributed by atoms with van der Waals surface area (Å²) < 4.78 is 5.37. The zero-order valence-corrected chi connectivity index (χ0v) is 14.5. The van der Waals surface area contributed by atoms with Gasteiger partial charge in [-0.05, 0) is 64.0 Å². The molecule has 5 heteroatoms. The van der Waals surface area contributed by atoms with Gasteiger partial charge in [0.1, 0.15) is 5.60 Å². The van der Waals surface area contributed by atoms with Crippen molar-refractivity contribution < 1.29 is 14.3 Å². The number of benzene rings is 1. The lowest BCUT2D eigenvalue weighted by Crippen LogP contribution is -2.49. The molecule has 24 heavy (non-hydrogen) atoms. The average Bonchev–Trinajstić information content (AvgIpc) is 3.07. The second kappa shape index (κ2) is 6.46. The van der Waals surface area contributed by atoms with Crippen molar-refractivity contribution in [2.45, 2.75) is 51.7 Å². The first kappa shape index (κ1) is 16.8. The molecule has 5 nitrogen and oxygen atoms in total. The molecular weight excluding hydrogens is 304 g/mol. The van der Waals surface area contributed by atoms with Gasteiger partial charge in [0.05, 0.1) is 5.92 Å². The molecular formula is C19H26N2O3. The van der Waals surface area contributed by atoms with Crippen LogP contribution in [0.2, 0.25) is 0 Å². The summed E-state index contributed by atoms with van der Waals surface area (Å²) in [5, 5.41) is 5.95. The zero-order chi connectivity index (χ0) is 17.3. The molecule has 2 bridgehead atoms. The van der Waals surface area contributed by atoms with Crippen LogP contribution in [-0.4, -0.2) is 23.6 Å². The lowest BCUT2D eigenvalue weighted by atomic mass is 9.83. The Bertz CT molecular complexity index is 609. The van der Waals surface area contributed by atoms with Crippen LogP contribution < -0.4 is 10.6 Å². The number of carbonyl (C=O) groups excluding carboxylic acids is 2. The Hall–Kier alpha value is -2.04. The van der Waals surface area contributed by atoms with Crippen molar-refractivity contribution >= 4 is 17.7 Å². The minimum Gasteiger partial charge on any atom is -0.444 e. The molecule has 1 aromatic carbocycles. The Morgan fingerprint density at radius 2 is 1.75 bits per heavy atom. The zero-order valence-electron chi connectivity index (χ0n) is 14.5. The molecule has 130 valence electrons. The highest BCUT2D eigenvalue weighted by Gasteiger charge is 2.51. The summed E-state index contributed by atoms with van der Waals surface area (Å²) in [6.45, 7) is 5.52. The van der Waals surface area contributed by atoms with Gasteiger partial charge >= 0.3 is 6.09 Å². The van der Waals surface area contributed by atoms with E-state index in [9.17, 15) is 9.59 Å². The summed E-state index contributed by atoms with van der Waals surface area (Å²) in [4.78, 5) is 24.9. The van der Waals surface area contributed by atoms with Crippen LogP contribution in [0, 0.1) is 17.8 Å². The van der Waals surface area contributed by atoms with Gasteiger partial charge in [0, 0.05) is 11.7 Å². The molecule has 2 aliphatic carbocycles. The summed E-state index contributed by atoms with van der Waals surface area (Å²) in [5.41, 5.74) is 0.255. The van der Waals surface area contributed by atoms with Crippen molar-refractivity contribution in [3.05, 3.63) is 30.3 Å². The number of amides is 2. The van der Waals surface area contributed by atoms with Gasteiger partial charge < -0.3 is 15.4 Å². The maximum atomic E-state index is 12.8. The summed E-state index contributed by atoms with van der Waals surface area (Å²) in [5.74, 6) is 0.527. The lowest BCUT2D eigenvalue weighted by molar-refractivity contribution is -0.122. The molecule has 2 N–H and O–H groups in total. The van der Waals surface area contributed by atoms with Crippen molar-refractivity contribution in [1.29, 1.82) is 0 Å². The van der Waals surface area contributed by atoms with Gasteiger partial charge in [-0.25, -0.2) is 4.79 Å². The minimum atomic E-state index is -0.538. The lowest BCUT2D eigenvalue weighted by Gasteiger charge is -2.31. The molecule has 2 aliphatic rings. The Labute approximate surface area is 143 Å². The van der Waals surface area contributed by atoms with Crippen LogP contribution in [0.4, 0.5) is 10.5 Å². The average molecular weight is 330 g/mol. The van der Waals surface area contributed by atoms with Gasteiger partial charge in [-0.3, -0.25) is 4.79 Å². The van der Waals surface area contributed by atoms with Crippen LogP contribution in [-0.2, 0) is 9.53 Å². The summed E-state index contributed by atoms with van der Waals surface area (Å²) in [7, 11) is 0. The van der Waals surface area contributed by atoms with E-state index in [-0.39, 0.29) is 17.9 Å². The van der Waals surface area contributed by atoms with Crippen LogP contribution in [0.15, 0.2) is 30.3 Å². The van der Waals surface area contributed by atoms with Crippen LogP contribution in [0.1, 0.15) is 40.0 Å². The monoisotopic (exact) mass is 330 g/mol. The highest BCUT2D eigenvalue weighted by Crippen LogP contribution is 2.49. The molecule has 0 aliphatic heterocycles. The Balaban J connectivity index is 1.68. The Morgan fingerprint density at radius 1 is 1.08 bits per heavy atom. The van der Waals surface area contributed by atoms with Gasteiger partial charge in [-0.2, -0.15) is 0 Å². The molecule has 0 saturated heterocycles. The van der Waals surface area contributed by atoms with E-state index in [1.807, 2.05) is 51.1 Å². The number of hydrogen-bond acceptors (Lipinski definition) is 3. The van der Waals surface area contributed by atoms with E-state index in [0.717, 1.165) is 24.9 Å². The molecule has 0 heterocycles. The molecule has 0 radical (unpaired) electrons. The first-order chi connectivity index (χ1) is 11.3. The molecule has 1 unspecified atom stereocenters. The number of anilines is 1. The van der Waals surface area contributed by atoms with Crippen molar-refractivity contribution in [3.8, 4) is 0 Å². The smallest absolute Gasteiger partial charge is 0.407 e. The largest absolute Gasteiger partial charge is 0.444 e. The third-order valence-electron chi connectivity index (χ3n) is 4.94. The maximum absolute atomic E-state index is 12.8. The predicted molar refractivity (Wildman–Crippen MR) is 92.6 cm³/mol. The fraction of sp³-hybridized carbons (Fsp3) is 0.579. The van der Waals surface area contributed by atoms with Gasteiger partial charge in [-0.1, -0.05) is 18.2 Å². The molecule has 2 saturated carbocycles. The number of ether oxygens (including phenoxy) is 1. The fourth-order valence-corrected chi connectivity index (χ4v) is 4.07. The Kier molecular flexibility index (Phi) is 4.52. The van der Waals surface area contributed by atoms with E-state index in [1.165, 1.54) is 0 Å². The molecule has 0 spiro atoms. The van der Waals surface area contributed by atoms with Crippen molar-refractivity contribution in [1.82, 2.24) is 5.32 Å². The van der Waals surface area contributed by atoms with Crippen LogP contribution in [0.5, 0.6) is 0 Å². The predicted octanol–water partition coefficient (Wildman–Crippen LogP) is 3.56. The highest BCUT2D eigenvalue weighted by molar-refractivity contribution is 5.94. The van der Waals surface area contributed by atoms with Crippen LogP contribution >= 0.6 is 0 Å². The molecule has 4 atom stereocenters. The van der Waals surface area contributed by atoms with Crippen LogP contribution in [0.25, 0.3) is 0 Å². The molecule has 1 aromatic rings. The summed E-state index contributed by atoms with van der Waals surface area (Å²) in [6, 6.07) is 9.32. The fourth-order valence-electron chi connectivity index (χ4n) is 4.07. The number of rotatable bonds is 3. The van der Waals surface area contributed by atoms with E-state index in [4.69, 9.17) is 4.74 Å². The van der Waals surface area contributed by atoms with E-state index >= 15 is 0 Å². The maximum Gasteiger partial charge on any atom is 0.407 e. The second-order valence-corrected chi connectivity index (χ2v) is 7.89. The van der Waals surface area contributed by atoms with E-state index in [1.54, 1.807) is 0 Å².